The minimum Gasteiger partial charge on any atom is -0.387 e. The van der Waals surface area contributed by atoms with E-state index in [1.807, 2.05) is 51.3 Å². The third kappa shape index (κ3) is 30.1. The molecule has 2 N–H and O–H groups in total. The Bertz CT molecular complexity index is 2270. The number of amides is 4. The molecule has 20 heteroatoms. The van der Waals surface area contributed by atoms with Gasteiger partial charge in [-0.2, -0.15) is 8.61 Å². The van der Waals surface area contributed by atoms with E-state index in [-0.39, 0.29) is 90.4 Å². The van der Waals surface area contributed by atoms with Gasteiger partial charge in [-0.3, -0.25) is 29.0 Å². The molecule has 4 rings (SSSR count). The zero-order chi connectivity index (χ0) is 71.2. The summed E-state index contributed by atoms with van der Waals surface area (Å²) < 4.78 is 53.7. The molecule has 4 aliphatic heterocycles. The fourth-order valence-corrected chi connectivity index (χ4v) is 15.3. The minimum absolute atomic E-state index is 0.0128. The van der Waals surface area contributed by atoms with Gasteiger partial charge in [-0.25, -0.2) is 16.8 Å². The van der Waals surface area contributed by atoms with Crippen LogP contribution in [0, 0.1) is 70.0 Å². The molecule has 0 aromatic heterocycles. The smallest absolute Gasteiger partial charge is 0.222 e. The molecule has 0 unspecified atom stereocenters. The normalized spacial score (nSPS) is 20.0. The summed E-state index contributed by atoms with van der Waals surface area (Å²) in [6.45, 7) is 64.7. The van der Waals surface area contributed by atoms with Crippen LogP contribution in [-0.4, -0.2) is 228 Å². The Labute approximate surface area is 565 Å². The van der Waals surface area contributed by atoms with E-state index in [0.29, 0.717) is 125 Å². The molecule has 544 valence electrons. The van der Waals surface area contributed by atoms with Gasteiger partial charge in [-0.1, -0.05) is 152 Å². The third-order valence-corrected chi connectivity index (χ3v) is 23.9. The average molecular weight is 1350 g/mol. The summed E-state index contributed by atoms with van der Waals surface area (Å²) in [5.74, 6) is 3.72. The number of nitrogens with zero attached hydrogens (tertiary/aromatic N) is 8. The fourth-order valence-electron chi connectivity index (χ4n) is 11.7. The standard InChI is InChI=1S/C20H38N2O3.C19H36N2O2.C18H38N2O5S2.C15H32N2/c1-15(2)7-9-18(23)21-11-12-22(19(24)10-8-16(3)4)14-20(25,13-21)17(5)6;1-14(2)10-17(22)20-8-9-21(18(23)11-15(3)4)13-19(7,12-20)16(5)6;1-15(2)7-11-26(22,23)19-9-10-20(14-18(21,13-19)17(5)6)27(24,25)12-8-16(3)4;1-12(2)15(7)10-16(13(3)4)8-9-17(11-15)14(5)6/h15-17,25H,7-14H2,1-6H3;14-16H,8-13H2,1-7H3;15-17,21H,7-14H2,1-6H3;12-14H,8-11H2,1-7H3. The second-order valence-corrected chi connectivity index (χ2v) is 37.4. The van der Waals surface area contributed by atoms with Gasteiger partial charge >= 0.3 is 0 Å². The highest BCUT2D eigenvalue weighted by Gasteiger charge is 2.45. The first kappa shape index (κ1) is 87.6. The second kappa shape index (κ2) is 39.2. The van der Waals surface area contributed by atoms with Crippen molar-refractivity contribution in [2.75, 3.05) is 116 Å². The number of carbonyl (C=O) groups excluding carboxylic acids is 4. The van der Waals surface area contributed by atoms with Gasteiger partial charge in [0.2, 0.25) is 43.7 Å². The SMILES string of the molecule is CC(C)CC(=O)N1CCN(C(=O)CC(C)C)CC(C)(C(C)C)C1.CC(C)CCC(=O)N1CCN(C(=O)CCC(C)C)CC(O)(C(C)C)C1.CC(C)CCS(=O)(=O)N1CCN(S(=O)(=O)CCC(C)C)CC(O)(C(C)C)C1.CC(C)N1CCN(C(C)C)CC(C)(C(C)C)C1. The summed E-state index contributed by atoms with van der Waals surface area (Å²) >= 11 is 0. The lowest BCUT2D eigenvalue weighted by Crippen LogP contribution is -2.53. The molecule has 0 atom stereocenters. The highest BCUT2D eigenvalue weighted by Crippen LogP contribution is 2.35. The number of rotatable bonds is 24. The zero-order valence-electron chi connectivity index (χ0n) is 63.9. The number of aliphatic hydroxyl groups is 2. The maximum absolute atomic E-state index is 12.8. The molecule has 0 bridgehead atoms. The van der Waals surface area contributed by atoms with Crippen molar-refractivity contribution in [1.29, 1.82) is 0 Å². The van der Waals surface area contributed by atoms with Crippen LogP contribution in [0.4, 0.5) is 0 Å². The molecule has 0 radical (unpaired) electrons. The highest BCUT2D eigenvalue weighted by atomic mass is 32.2. The summed E-state index contributed by atoms with van der Waals surface area (Å²) in [7, 11) is -7.10. The van der Waals surface area contributed by atoms with Gasteiger partial charge in [-0.05, 0) is 118 Å². The Morgan fingerprint density at radius 1 is 0.337 bits per heavy atom. The predicted octanol–water partition coefficient (Wildman–Crippen LogP) is 11.2. The van der Waals surface area contributed by atoms with Gasteiger partial charge in [0.25, 0.3) is 0 Å². The molecule has 0 aromatic rings. The Balaban J connectivity index is 0.000000620. The molecule has 4 saturated heterocycles. The largest absolute Gasteiger partial charge is 0.387 e. The van der Waals surface area contributed by atoms with Crippen molar-refractivity contribution in [3.63, 3.8) is 0 Å². The molecule has 4 amide bonds. The van der Waals surface area contributed by atoms with Crippen LogP contribution in [0.2, 0.25) is 0 Å². The summed E-state index contributed by atoms with van der Waals surface area (Å²) in [4.78, 5) is 63.0. The zero-order valence-corrected chi connectivity index (χ0v) is 65.5. The number of hydrogen-bond donors (Lipinski definition) is 2. The van der Waals surface area contributed by atoms with Crippen molar-refractivity contribution in [3.8, 4) is 0 Å². The first-order chi connectivity index (χ1) is 42.0. The van der Waals surface area contributed by atoms with Crippen molar-refractivity contribution in [1.82, 2.24) is 38.0 Å². The molecule has 4 heterocycles. The lowest BCUT2D eigenvalue weighted by Gasteiger charge is -2.40. The van der Waals surface area contributed by atoms with Gasteiger partial charge in [-0.15, -0.1) is 0 Å². The van der Waals surface area contributed by atoms with Crippen LogP contribution >= 0.6 is 0 Å². The molecule has 92 heavy (non-hydrogen) atoms. The van der Waals surface area contributed by atoms with Gasteiger partial charge < -0.3 is 29.8 Å². The Morgan fingerprint density at radius 3 is 0.859 bits per heavy atom. The van der Waals surface area contributed by atoms with E-state index in [1.165, 1.54) is 34.8 Å². The van der Waals surface area contributed by atoms with Gasteiger partial charge in [0, 0.05) is 135 Å². The van der Waals surface area contributed by atoms with Gasteiger partial charge in [0.05, 0.1) is 30.2 Å². The molecule has 4 aliphatic rings. The molecular weight excluding hydrogens is 1200 g/mol. The van der Waals surface area contributed by atoms with Gasteiger partial charge in [0.15, 0.2) is 0 Å². The van der Waals surface area contributed by atoms with E-state index in [4.69, 9.17) is 0 Å². The van der Waals surface area contributed by atoms with E-state index in [2.05, 4.69) is 134 Å². The maximum atomic E-state index is 12.8. The molecule has 0 spiro atoms. The lowest BCUT2D eigenvalue weighted by molar-refractivity contribution is -0.137. The van der Waals surface area contributed by atoms with E-state index < -0.39 is 31.2 Å². The number of β-amino-alcohol motifs (C(OH)–C–C–N with tert-alkyl or cyclic N) is 2. The van der Waals surface area contributed by atoms with Crippen molar-refractivity contribution in [2.45, 2.75) is 255 Å². The molecule has 4 fully saturated rings. The van der Waals surface area contributed by atoms with Crippen LogP contribution in [0.1, 0.15) is 231 Å². The monoisotopic (exact) mass is 1350 g/mol. The van der Waals surface area contributed by atoms with Crippen molar-refractivity contribution >= 4 is 43.7 Å². The molecule has 0 aliphatic carbocycles. The number of carbonyl (C=O) groups is 4. The van der Waals surface area contributed by atoms with E-state index >= 15 is 0 Å². The average Bonchev–Trinajstić information content (AvgIpc) is 1.63. The molecule has 0 saturated carbocycles. The van der Waals surface area contributed by atoms with Crippen LogP contribution < -0.4 is 0 Å². The minimum atomic E-state index is -3.55. The molecule has 18 nitrogen and oxygen atoms in total. The van der Waals surface area contributed by atoms with E-state index in [0.717, 1.165) is 31.8 Å². The van der Waals surface area contributed by atoms with Crippen LogP contribution in [-0.2, 0) is 39.2 Å². The predicted molar refractivity (Wildman–Crippen MR) is 382 cm³/mol. The Kier molecular flexibility index (Phi) is 37.3. The Hall–Kier alpha value is -2.46. The highest BCUT2D eigenvalue weighted by molar-refractivity contribution is 7.89. The van der Waals surface area contributed by atoms with Crippen molar-refractivity contribution < 1.29 is 46.2 Å². The molecule has 0 aromatic carbocycles. The summed E-state index contributed by atoms with van der Waals surface area (Å²) in [5, 5.41) is 22.3. The van der Waals surface area contributed by atoms with Crippen LogP contribution in [0.25, 0.3) is 0 Å². The molecular formula is C72H144N8O10S2. The third-order valence-electron chi connectivity index (χ3n) is 20.2. The fraction of sp³-hybridized carbons (Fsp3) is 0.944. The summed E-state index contributed by atoms with van der Waals surface area (Å²) in [5.41, 5.74) is -2.08. The number of hydrogen-bond acceptors (Lipinski definition) is 12. The van der Waals surface area contributed by atoms with E-state index in [1.54, 1.807) is 23.6 Å². The lowest BCUT2D eigenvalue weighted by atomic mass is 9.78. The first-order valence-corrected chi connectivity index (χ1v) is 39.3. The van der Waals surface area contributed by atoms with Crippen LogP contribution in [0.15, 0.2) is 0 Å². The summed E-state index contributed by atoms with van der Waals surface area (Å²) in [6, 6.07) is 1.33. The summed E-state index contributed by atoms with van der Waals surface area (Å²) in [6.07, 6.45) is 4.98. The van der Waals surface area contributed by atoms with Crippen LogP contribution in [0.3, 0.4) is 0 Å². The maximum Gasteiger partial charge on any atom is 0.222 e. The van der Waals surface area contributed by atoms with Gasteiger partial charge in [0.1, 0.15) is 5.60 Å². The topological polar surface area (TPSA) is 203 Å². The quantitative estimate of drug-likeness (QED) is 0.0927. The van der Waals surface area contributed by atoms with E-state index in [9.17, 15) is 46.2 Å². The Morgan fingerprint density at radius 2 is 0.609 bits per heavy atom. The first-order valence-electron chi connectivity index (χ1n) is 36.0. The van der Waals surface area contributed by atoms with Crippen molar-refractivity contribution in [2.24, 2.45) is 70.0 Å². The van der Waals surface area contributed by atoms with Crippen molar-refractivity contribution in [3.05, 3.63) is 0 Å². The number of sulfonamides is 2. The second-order valence-electron chi connectivity index (χ2n) is 33.2. The van der Waals surface area contributed by atoms with Crippen LogP contribution in [0.5, 0.6) is 0 Å².